The van der Waals surface area contributed by atoms with Gasteiger partial charge >= 0.3 is 11.9 Å². The molecule has 1 fully saturated rings. The standard InChI is InChI=1S/C16H15NO7/c1-10(18)13(8-11-4-2-3-5-14(11)17(21)22)16(20)23-9-12-6-7-15(19)24-12/h2-5,8,12H,6-7,9H2,1H3/b13-8+. The number of esters is 2. The molecule has 1 saturated heterocycles. The number of rotatable bonds is 6. The lowest BCUT2D eigenvalue weighted by Gasteiger charge is -2.10. The Kier molecular flexibility index (Phi) is 5.41. The summed E-state index contributed by atoms with van der Waals surface area (Å²) in [5, 5.41) is 11.0. The number of ketones is 1. The van der Waals surface area contributed by atoms with Gasteiger partial charge in [-0.25, -0.2) is 4.79 Å². The molecule has 8 heteroatoms. The lowest BCUT2D eigenvalue weighted by Crippen LogP contribution is -2.21. The van der Waals surface area contributed by atoms with Gasteiger partial charge in [0.2, 0.25) is 0 Å². The molecule has 0 radical (unpaired) electrons. The van der Waals surface area contributed by atoms with Crippen molar-refractivity contribution in [3.8, 4) is 0 Å². The molecular formula is C16H15NO7. The van der Waals surface area contributed by atoms with E-state index in [4.69, 9.17) is 9.47 Å². The molecule has 0 aliphatic carbocycles. The molecule has 0 N–H and O–H groups in total. The summed E-state index contributed by atoms with van der Waals surface area (Å²) >= 11 is 0. The van der Waals surface area contributed by atoms with Crippen LogP contribution in [0.5, 0.6) is 0 Å². The number of para-hydroxylation sites is 1. The van der Waals surface area contributed by atoms with E-state index in [1.54, 1.807) is 6.07 Å². The second kappa shape index (κ2) is 7.49. The van der Waals surface area contributed by atoms with Gasteiger partial charge in [0.05, 0.1) is 10.5 Å². The molecule has 1 aromatic rings. The van der Waals surface area contributed by atoms with Crippen LogP contribution in [0.3, 0.4) is 0 Å². The Labute approximate surface area is 137 Å². The second-order valence-electron chi connectivity index (χ2n) is 5.18. The van der Waals surface area contributed by atoms with Gasteiger partial charge in [-0.15, -0.1) is 0 Å². The van der Waals surface area contributed by atoms with Crippen LogP contribution in [-0.2, 0) is 23.9 Å². The van der Waals surface area contributed by atoms with Gasteiger partial charge in [-0.1, -0.05) is 12.1 Å². The highest BCUT2D eigenvalue weighted by Gasteiger charge is 2.26. The number of hydrogen-bond acceptors (Lipinski definition) is 7. The Hall–Kier alpha value is -3.03. The molecule has 0 bridgehead atoms. The van der Waals surface area contributed by atoms with Crippen LogP contribution in [-0.4, -0.2) is 35.4 Å². The van der Waals surface area contributed by atoms with E-state index in [0.29, 0.717) is 6.42 Å². The molecule has 1 aromatic carbocycles. The zero-order chi connectivity index (χ0) is 17.7. The summed E-state index contributed by atoms with van der Waals surface area (Å²) in [5.74, 6) is -1.86. The summed E-state index contributed by atoms with van der Waals surface area (Å²) in [7, 11) is 0. The maximum Gasteiger partial charge on any atom is 0.341 e. The summed E-state index contributed by atoms with van der Waals surface area (Å²) in [6.45, 7) is 1.00. The molecule has 1 atom stereocenters. The van der Waals surface area contributed by atoms with Gasteiger partial charge in [0.1, 0.15) is 18.3 Å². The van der Waals surface area contributed by atoms with Crippen molar-refractivity contribution in [2.45, 2.75) is 25.9 Å². The minimum atomic E-state index is -0.913. The van der Waals surface area contributed by atoms with Crippen LogP contribution >= 0.6 is 0 Å². The summed E-state index contributed by atoms with van der Waals surface area (Å²) in [6, 6.07) is 5.73. The molecule has 1 aliphatic heterocycles. The van der Waals surface area contributed by atoms with Gasteiger partial charge in [-0.3, -0.25) is 19.7 Å². The van der Waals surface area contributed by atoms with E-state index < -0.39 is 22.8 Å². The Morgan fingerprint density at radius 2 is 2.12 bits per heavy atom. The van der Waals surface area contributed by atoms with Crippen molar-refractivity contribution in [3.05, 3.63) is 45.5 Å². The third kappa shape index (κ3) is 4.25. The number of nitrogens with zero attached hydrogens (tertiary/aromatic N) is 1. The number of benzene rings is 1. The first-order chi connectivity index (χ1) is 11.4. The number of hydrogen-bond donors (Lipinski definition) is 0. The fourth-order valence-corrected chi connectivity index (χ4v) is 2.18. The van der Waals surface area contributed by atoms with Crippen molar-refractivity contribution in [2.75, 3.05) is 6.61 Å². The molecule has 1 heterocycles. The molecular weight excluding hydrogens is 318 g/mol. The third-order valence-corrected chi connectivity index (χ3v) is 3.40. The van der Waals surface area contributed by atoms with Crippen molar-refractivity contribution < 1.29 is 28.8 Å². The largest absolute Gasteiger partial charge is 0.459 e. The highest BCUT2D eigenvalue weighted by Crippen LogP contribution is 2.22. The number of nitro benzene ring substituents is 1. The fourth-order valence-electron chi connectivity index (χ4n) is 2.18. The highest BCUT2D eigenvalue weighted by atomic mass is 16.6. The molecule has 24 heavy (non-hydrogen) atoms. The van der Waals surface area contributed by atoms with Gasteiger partial charge in [0, 0.05) is 12.5 Å². The smallest absolute Gasteiger partial charge is 0.341 e. The number of carbonyl (C=O) groups excluding carboxylic acids is 3. The molecule has 0 saturated carbocycles. The normalized spacial score (nSPS) is 17.3. The first-order valence-corrected chi connectivity index (χ1v) is 7.21. The van der Waals surface area contributed by atoms with Crippen LogP contribution in [0.4, 0.5) is 5.69 Å². The average molecular weight is 333 g/mol. The molecule has 0 amide bonds. The van der Waals surface area contributed by atoms with Gasteiger partial charge in [-0.05, 0) is 25.5 Å². The minimum absolute atomic E-state index is 0.122. The van der Waals surface area contributed by atoms with Crippen molar-refractivity contribution in [1.82, 2.24) is 0 Å². The number of nitro groups is 1. The highest BCUT2D eigenvalue weighted by molar-refractivity contribution is 6.20. The predicted molar refractivity (Wildman–Crippen MR) is 81.8 cm³/mol. The monoisotopic (exact) mass is 333 g/mol. The summed E-state index contributed by atoms with van der Waals surface area (Å²) in [4.78, 5) is 45.2. The number of Topliss-reactive ketones (excluding diaryl/α,β-unsaturated/α-hetero) is 1. The van der Waals surface area contributed by atoms with E-state index in [0.717, 1.165) is 13.0 Å². The van der Waals surface area contributed by atoms with Gasteiger partial charge in [0.15, 0.2) is 5.78 Å². The Morgan fingerprint density at radius 1 is 1.42 bits per heavy atom. The Bertz CT molecular complexity index is 723. The van der Waals surface area contributed by atoms with Crippen molar-refractivity contribution in [2.24, 2.45) is 0 Å². The van der Waals surface area contributed by atoms with E-state index >= 15 is 0 Å². The van der Waals surface area contributed by atoms with Crippen LogP contribution in [0.1, 0.15) is 25.3 Å². The molecule has 0 spiro atoms. The van der Waals surface area contributed by atoms with Crippen LogP contribution in [0.15, 0.2) is 29.8 Å². The molecule has 126 valence electrons. The average Bonchev–Trinajstić information content (AvgIpc) is 2.95. The molecule has 8 nitrogen and oxygen atoms in total. The van der Waals surface area contributed by atoms with Crippen molar-refractivity contribution >= 4 is 29.5 Å². The minimum Gasteiger partial charge on any atom is -0.459 e. The van der Waals surface area contributed by atoms with Gasteiger partial charge in [-0.2, -0.15) is 0 Å². The maximum absolute atomic E-state index is 12.1. The van der Waals surface area contributed by atoms with E-state index in [-0.39, 0.29) is 35.8 Å². The number of ether oxygens (including phenoxy) is 2. The summed E-state index contributed by atoms with van der Waals surface area (Å²) in [6.07, 6.45) is 1.30. The summed E-state index contributed by atoms with van der Waals surface area (Å²) < 4.78 is 9.91. The zero-order valence-electron chi connectivity index (χ0n) is 12.9. The van der Waals surface area contributed by atoms with E-state index in [9.17, 15) is 24.5 Å². The maximum atomic E-state index is 12.1. The first kappa shape index (κ1) is 17.3. The molecule has 1 aliphatic rings. The van der Waals surface area contributed by atoms with Crippen LogP contribution in [0.2, 0.25) is 0 Å². The zero-order valence-corrected chi connectivity index (χ0v) is 12.9. The number of cyclic esters (lactones) is 1. The van der Waals surface area contributed by atoms with Crippen molar-refractivity contribution in [3.63, 3.8) is 0 Å². The van der Waals surface area contributed by atoms with E-state index in [2.05, 4.69) is 0 Å². The topological polar surface area (TPSA) is 113 Å². The lowest BCUT2D eigenvalue weighted by molar-refractivity contribution is -0.385. The van der Waals surface area contributed by atoms with Crippen molar-refractivity contribution in [1.29, 1.82) is 0 Å². The van der Waals surface area contributed by atoms with Crippen LogP contribution in [0.25, 0.3) is 6.08 Å². The lowest BCUT2D eigenvalue weighted by atomic mass is 10.1. The summed E-state index contributed by atoms with van der Waals surface area (Å²) in [5.41, 5.74) is -0.417. The van der Waals surface area contributed by atoms with Crippen LogP contribution in [0, 0.1) is 10.1 Å². The van der Waals surface area contributed by atoms with Gasteiger partial charge in [0.25, 0.3) is 5.69 Å². The third-order valence-electron chi connectivity index (χ3n) is 3.40. The molecule has 0 aromatic heterocycles. The second-order valence-corrected chi connectivity index (χ2v) is 5.18. The Morgan fingerprint density at radius 3 is 2.71 bits per heavy atom. The van der Waals surface area contributed by atoms with E-state index in [1.165, 1.54) is 18.2 Å². The Balaban J connectivity index is 2.16. The first-order valence-electron chi connectivity index (χ1n) is 7.21. The molecule has 1 unspecified atom stereocenters. The quantitative estimate of drug-likeness (QED) is 0.195. The van der Waals surface area contributed by atoms with E-state index in [1.807, 2.05) is 0 Å². The predicted octanol–water partition coefficient (Wildman–Crippen LogP) is 1.82. The van der Waals surface area contributed by atoms with Crippen LogP contribution < -0.4 is 0 Å². The molecule has 2 rings (SSSR count). The fraction of sp³-hybridized carbons (Fsp3) is 0.312. The van der Waals surface area contributed by atoms with Gasteiger partial charge < -0.3 is 9.47 Å². The SMILES string of the molecule is CC(=O)/C(=C\c1ccccc1[N+](=O)[O-])C(=O)OCC1CCC(=O)O1. The number of carbonyl (C=O) groups is 3.